The first-order valence-corrected chi connectivity index (χ1v) is 10.5. The minimum absolute atomic E-state index is 0.758. The number of nitrogens with zero attached hydrogens (tertiary/aromatic N) is 5. The molecule has 7 nitrogen and oxygen atoms in total. The Morgan fingerprint density at radius 2 is 1.96 bits per heavy atom. The Morgan fingerprint density at radius 1 is 1.14 bits per heavy atom. The molecule has 3 aromatic heterocycles. The Hall–Kier alpha value is -2.41. The van der Waals surface area contributed by atoms with Gasteiger partial charge in [-0.3, -0.25) is 0 Å². The van der Waals surface area contributed by atoms with E-state index in [2.05, 4.69) is 29.2 Å². The van der Waals surface area contributed by atoms with Crippen LogP contribution in [-0.4, -0.2) is 50.8 Å². The van der Waals surface area contributed by atoms with Gasteiger partial charge in [-0.2, -0.15) is 9.61 Å². The number of fused-ring (bicyclic) bond motifs is 2. The van der Waals surface area contributed by atoms with Crippen LogP contribution in [0.5, 0.6) is 0 Å². The zero-order chi connectivity index (χ0) is 19.5. The van der Waals surface area contributed by atoms with Gasteiger partial charge < -0.3 is 14.7 Å². The minimum atomic E-state index is 0.758. The summed E-state index contributed by atoms with van der Waals surface area (Å²) in [5.74, 6) is 1.89. The lowest BCUT2D eigenvalue weighted by Gasteiger charge is -2.21. The lowest BCUT2D eigenvalue weighted by Crippen LogP contribution is -2.26. The van der Waals surface area contributed by atoms with Crippen molar-refractivity contribution in [3.05, 3.63) is 29.2 Å². The molecule has 0 aliphatic heterocycles. The van der Waals surface area contributed by atoms with Gasteiger partial charge in [-0.05, 0) is 58.7 Å². The van der Waals surface area contributed by atoms with E-state index in [1.807, 2.05) is 23.6 Å². The summed E-state index contributed by atoms with van der Waals surface area (Å²) >= 11 is 0. The molecular weight excluding hydrogens is 352 g/mol. The van der Waals surface area contributed by atoms with Gasteiger partial charge in [-0.1, -0.05) is 19.0 Å². The van der Waals surface area contributed by atoms with Crippen LogP contribution in [0.15, 0.2) is 16.7 Å². The van der Waals surface area contributed by atoms with E-state index in [1.54, 1.807) is 0 Å². The molecule has 7 heteroatoms. The second-order valence-electron chi connectivity index (χ2n) is 7.52. The number of nitrogens with one attached hydrogen (secondary N) is 1. The summed E-state index contributed by atoms with van der Waals surface area (Å²) in [5.41, 5.74) is 4.98. The van der Waals surface area contributed by atoms with E-state index >= 15 is 0 Å². The standard InChI is InChI=1S/C21H30N6O/c1-4-26(5-2)12-8-11-22-21-16-9-6-7-10-17(16)23-20-14-18(24-27(20)21)19-13-15(3)28-25-19/h13-14,22H,4-12H2,1-3H3. The van der Waals surface area contributed by atoms with Crippen molar-refractivity contribution in [2.45, 2.75) is 52.9 Å². The summed E-state index contributed by atoms with van der Waals surface area (Å²) in [5, 5.41) is 12.6. The third-order valence-electron chi connectivity index (χ3n) is 5.60. The van der Waals surface area contributed by atoms with E-state index in [-0.39, 0.29) is 0 Å². The van der Waals surface area contributed by atoms with Gasteiger partial charge in [0.1, 0.15) is 23.0 Å². The Kier molecular flexibility index (Phi) is 5.62. The second-order valence-corrected chi connectivity index (χ2v) is 7.52. The molecule has 0 saturated carbocycles. The molecule has 3 heterocycles. The molecule has 1 N–H and O–H groups in total. The van der Waals surface area contributed by atoms with Gasteiger partial charge in [0.2, 0.25) is 0 Å². The highest BCUT2D eigenvalue weighted by molar-refractivity contribution is 5.64. The SMILES string of the molecule is CCN(CC)CCCNc1c2c(nc3cc(-c4cc(C)on4)nn13)CCCC2. The molecule has 0 amide bonds. The number of hydrogen-bond donors (Lipinski definition) is 1. The topological polar surface area (TPSA) is 71.5 Å². The van der Waals surface area contributed by atoms with Gasteiger partial charge >= 0.3 is 0 Å². The molecule has 0 spiro atoms. The Balaban J connectivity index is 1.63. The summed E-state index contributed by atoms with van der Waals surface area (Å²) in [7, 11) is 0. The van der Waals surface area contributed by atoms with Crippen molar-refractivity contribution in [1.29, 1.82) is 0 Å². The second kappa shape index (κ2) is 8.31. The van der Waals surface area contributed by atoms with Crippen molar-refractivity contribution < 1.29 is 4.52 Å². The quantitative estimate of drug-likeness (QED) is 0.599. The number of aromatic nitrogens is 4. The monoisotopic (exact) mass is 382 g/mol. The van der Waals surface area contributed by atoms with Crippen LogP contribution >= 0.6 is 0 Å². The summed E-state index contributed by atoms with van der Waals surface area (Å²) in [4.78, 5) is 7.36. The fourth-order valence-electron chi connectivity index (χ4n) is 3.99. The van der Waals surface area contributed by atoms with Crippen LogP contribution in [0.1, 0.15) is 50.1 Å². The largest absolute Gasteiger partial charge is 0.370 e. The molecule has 1 aliphatic rings. The molecular formula is C21H30N6O. The number of anilines is 1. The maximum Gasteiger partial charge on any atom is 0.158 e. The number of hydrogen-bond acceptors (Lipinski definition) is 6. The van der Waals surface area contributed by atoms with Crippen molar-refractivity contribution >= 4 is 11.5 Å². The molecule has 0 aromatic carbocycles. The lowest BCUT2D eigenvalue weighted by atomic mass is 9.96. The highest BCUT2D eigenvalue weighted by Gasteiger charge is 2.20. The summed E-state index contributed by atoms with van der Waals surface area (Å²) in [6, 6.07) is 3.92. The van der Waals surface area contributed by atoms with E-state index < -0.39 is 0 Å². The van der Waals surface area contributed by atoms with Crippen LogP contribution < -0.4 is 5.32 Å². The van der Waals surface area contributed by atoms with Crippen LogP contribution in [0.2, 0.25) is 0 Å². The van der Waals surface area contributed by atoms with Gasteiger partial charge in [0, 0.05) is 29.9 Å². The van der Waals surface area contributed by atoms with Crippen LogP contribution in [0, 0.1) is 6.92 Å². The van der Waals surface area contributed by atoms with Gasteiger partial charge in [0.05, 0.1) is 0 Å². The van der Waals surface area contributed by atoms with Crippen molar-refractivity contribution in [1.82, 2.24) is 24.7 Å². The molecule has 0 bridgehead atoms. The zero-order valence-corrected chi connectivity index (χ0v) is 17.2. The fourth-order valence-corrected chi connectivity index (χ4v) is 3.99. The third kappa shape index (κ3) is 3.76. The lowest BCUT2D eigenvalue weighted by molar-refractivity contribution is 0.303. The normalized spacial score (nSPS) is 14.0. The van der Waals surface area contributed by atoms with Crippen LogP contribution in [-0.2, 0) is 12.8 Å². The third-order valence-corrected chi connectivity index (χ3v) is 5.60. The molecule has 0 radical (unpaired) electrons. The Labute approximate surface area is 166 Å². The van der Waals surface area contributed by atoms with Crippen molar-refractivity contribution in [3.8, 4) is 11.4 Å². The predicted molar refractivity (Wildman–Crippen MR) is 111 cm³/mol. The maximum atomic E-state index is 5.23. The molecule has 28 heavy (non-hydrogen) atoms. The molecule has 3 aromatic rings. The van der Waals surface area contributed by atoms with Crippen molar-refractivity contribution in [2.24, 2.45) is 0 Å². The fraction of sp³-hybridized carbons (Fsp3) is 0.571. The molecule has 0 saturated heterocycles. The van der Waals surface area contributed by atoms with Crippen LogP contribution in [0.25, 0.3) is 17.0 Å². The van der Waals surface area contributed by atoms with Crippen molar-refractivity contribution in [3.63, 3.8) is 0 Å². The van der Waals surface area contributed by atoms with Crippen molar-refractivity contribution in [2.75, 3.05) is 31.5 Å². The zero-order valence-electron chi connectivity index (χ0n) is 17.2. The summed E-state index contributed by atoms with van der Waals surface area (Å²) in [6.45, 7) is 10.6. The molecule has 0 fully saturated rings. The first-order chi connectivity index (χ1) is 13.7. The summed E-state index contributed by atoms with van der Waals surface area (Å²) < 4.78 is 7.19. The highest BCUT2D eigenvalue weighted by atomic mass is 16.5. The Morgan fingerprint density at radius 3 is 2.71 bits per heavy atom. The first-order valence-electron chi connectivity index (χ1n) is 10.5. The van der Waals surface area contributed by atoms with Gasteiger partial charge in [-0.25, -0.2) is 4.98 Å². The van der Waals surface area contributed by atoms with E-state index in [1.165, 1.54) is 24.1 Å². The average Bonchev–Trinajstić information content (AvgIpc) is 3.33. The van der Waals surface area contributed by atoms with Crippen LogP contribution in [0.4, 0.5) is 5.82 Å². The van der Waals surface area contributed by atoms with Gasteiger partial charge in [-0.15, -0.1) is 0 Å². The van der Waals surface area contributed by atoms with Gasteiger partial charge in [0.15, 0.2) is 5.65 Å². The smallest absolute Gasteiger partial charge is 0.158 e. The number of rotatable bonds is 8. The average molecular weight is 383 g/mol. The van der Waals surface area contributed by atoms with E-state index in [0.717, 1.165) is 74.1 Å². The molecule has 4 rings (SSSR count). The molecule has 0 unspecified atom stereocenters. The molecule has 0 atom stereocenters. The summed E-state index contributed by atoms with van der Waals surface area (Å²) in [6.07, 6.45) is 5.64. The number of aryl methyl sites for hydroxylation is 2. The highest BCUT2D eigenvalue weighted by Crippen LogP contribution is 2.29. The van der Waals surface area contributed by atoms with Gasteiger partial charge in [0.25, 0.3) is 0 Å². The van der Waals surface area contributed by atoms with E-state index in [4.69, 9.17) is 14.6 Å². The van der Waals surface area contributed by atoms with E-state index in [9.17, 15) is 0 Å². The Bertz CT molecular complexity index is 940. The van der Waals surface area contributed by atoms with Crippen LogP contribution in [0.3, 0.4) is 0 Å². The molecule has 150 valence electrons. The van der Waals surface area contributed by atoms with E-state index in [0.29, 0.717) is 0 Å². The first kappa shape index (κ1) is 18.9. The minimum Gasteiger partial charge on any atom is -0.370 e. The predicted octanol–water partition coefficient (Wildman–Crippen LogP) is 3.72. The maximum absolute atomic E-state index is 5.23. The molecule has 1 aliphatic carbocycles.